The number of β-lactam (4-membered cyclic amide) rings is 2. The van der Waals surface area contributed by atoms with Gasteiger partial charge >= 0.3 is 11.9 Å². The molecule has 99 heavy (non-hydrogen) atoms. The molecule has 0 aliphatic carbocycles. The number of amides is 6. The summed E-state index contributed by atoms with van der Waals surface area (Å²) in [5.74, 6) is -6.35. The van der Waals surface area contributed by atoms with Crippen LogP contribution < -0.4 is 41.4 Å². The number of benzene rings is 1. The number of esters is 2. The number of aromatic nitrogens is 4. The largest absolute Gasteiger partial charge is 0.543 e. The fourth-order valence-corrected chi connectivity index (χ4v) is 13.1. The molecular weight excluding hydrogens is 1360 g/mol. The van der Waals surface area contributed by atoms with Crippen LogP contribution >= 0.6 is 35.1 Å². The highest BCUT2D eigenvalue weighted by molar-refractivity contribution is 8.00. The Kier molecular flexibility index (Phi) is 23.5. The third-order valence-electron chi connectivity index (χ3n) is 14.4. The molecule has 1 aromatic carbocycles. The van der Waals surface area contributed by atoms with Gasteiger partial charge in [-0.05, 0) is 79.5 Å². The van der Waals surface area contributed by atoms with Crippen molar-refractivity contribution >= 4 is 111 Å². The van der Waals surface area contributed by atoms with E-state index in [-0.39, 0.29) is 64.9 Å². The number of thioether (sulfide) groups is 2. The number of oxime groups is 2. The van der Waals surface area contributed by atoms with Crippen molar-refractivity contribution in [3.05, 3.63) is 148 Å². The summed E-state index contributed by atoms with van der Waals surface area (Å²) in [5.41, 5.74) is 8.48. The molecule has 4 unspecified atom stereocenters. The number of hydrogen-bond acceptors (Lipinski definition) is 27. The minimum atomic E-state index is -1.54. The van der Waals surface area contributed by atoms with E-state index in [1.165, 1.54) is 41.7 Å². The highest BCUT2D eigenvalue weighted by Gasteiger charge is 2.56. The van der Waals surface area contributed by atoms with Gasteiger partial charge in [0.25, 0.3) is 35.4 Å². The predicted molar refractivity (Wildman–Crippen MR) is 346 cm³/mol. The zero-order valence-corrected chi connectivity index (χ0v) is 55.2. The second-order valence-electron chi connectivity index (χ2n) is 22.3. The average Bonchev–Trinajstić information content (AvgIpc) is 1.26. The van der Waals surface area contributed by atoms with Gasteiger partial charge in [0, 0.05) is 83.2 Å². The number of rotatable bonds is 25. The smallest absolute Gasteiger partial charge is 0.355 e. The number of hydrogen-bond donors (Lipinski definition) is 6. The number of pyridine rings is 1. The number of nitrogens with two attached hydrogens (primary N) is 1. The van der Waals surface area contributed by atoms with Crippen LogP contribution in [0.25, 0.3) is 11.1 Å². The molecule has 0 spiro atoms. The molecule has 4 atom stereocenters. The van der Waals surface area contributed by atoms with Gasteiger partial charge in [-0.1, -0.05) is 22.4 Å². The molecule has 6 aliphatic rings. The summed E-state index contributed by atoms with van der Waals surface area (Å²) < 4.78 is 47.0. The molecule has 0 bridgehead atoms. The quantitative estimate of drug-likeness (QED) is 0.00790. The number of carboxylic acids is 1. The summed E-state index contributed by atoms with van der Waals surface area (Å²) in [7, 11) is 1.54. The lowest BCUT2D eigenvalue weighted by molar-refractivity contribution is -0.689. The van der Waals surface area contributed by atoms with Crippen molar-refractivity contribution in [2.24, 2.45) is 15.3 Å². The Labute approximate surface area is 573 Å². The summed E-state index contributed by atoms with van der Waals surface area (Å²) in [4.78, 5) is 140. The molecular formula is C62H59F2N17O15S3. The van der Waals surface area contributed by atoms with Crippen molar-refractivity contribution in [3.8, 4) is 29.3 Å². The topological polar surface area (TPSA) is 437 Å². The molecule has 2 fully saturated rings. The maximum Gasteiger partial charge on any atom is 0.355 e. The number of allylic oxidation sites excluding steroid dienone is 5. The molecule has 9 heterocycles. The highest BCUT2D eigenvalue weighted by atomic mass is 32.2. The first-order valence-electron chi connectivity index (χ1n) is 29.5. The van der Waals surface area contributed by atoms with E-state index in [9.17, 15) is 57.0 Å². The van der Waals surface area contributed by atoms with Crippen LogP contribution in [0.15, 0.2) is 146 Å². The van der Waals surface area contributed by atoms with Crippen LogP contribution in [0.2, 0.25) is 0 Å². The number of anilines is 1. The lowest BCUT2D eigenvalue weighted by atomic mass is 10.0. The fourth-order valence-electron chi connectivity index (χ4n) is 9.97. The van der Waals surface area contributed by atoms with Gasteiger partial charge in [0.05, 0.1) is 25.2 Å². The van der Waals surface area contributed by atoms with Gasteiger partial charge in [0.15, 0.2) is 42.2 Å². The molecule has 0 saturated carbocycles. The van der Waals surface area contributed by atoms with Crippen molar-refractivity contribution in [1.82, 2.24) is 50.3 Å². The summed E-state index contributed by atoms with van der Waals surface area (Å²) in [5, 5.41) is 44.5. The number of fused-ring (bicyclic) bond motifs is 2. The summed E-state index contributed by atoms with van der Waals surface area (Å²) in [6, 6.07) is 9.84. The molecule has 10 rings (SSSR count). The molecule has 4 aromatic rings. The van der Waals surface area contributed by atoms with Gasteiger partial charge in [0.1, 0.15) is 84.4 Å². The third-order valence-corrected chi connectivity index (χ3v) is 17.7. The Hall–Kier alpha value is -11.6. The minimum Gasteiger partial charge on any atom is -0.543 e. The van der Waals surface area contributed by atoms with Gasteiger partial charge < -0.3 is 60.0 Å². The predicted octanol–water partition coefficient (Wildman–Crippen LogP) is 1.08. The van der Waals surface area contributed by atoms with E-state index in [4.69, 9.17) is 40.1 Å². The van der Waals surface area contributed by atoms with Crippen molar-refractivity contribution in [3.63, 3.8) is 0 Å². The van der Waals surface area contributed by atoms with Crippen LogP contribution in [0.3, 0.4) is 0 Å². The molecule has 514 valence electrons. The van der Waals surface area contributed by atoms with Gasteiger partial charge in [-0.15, -0.1) is 23.5 Å². The number of methoxy groups -OCH3 is 1. The molecule has 37 heteroatoms. The average molecular weight is 1420 g/mol. The summed E-state index contributed by atoms with van der Waals surface area (Å²) in [6.45, 7) is 2.56. The zero-order chi connectivity index (χ0) is 71.1. The van der Waals surface area contributed by atoms with Crippen LogP contribution in [0, 0.1) is 22.9 Å². The fraction of sp³-hybridized carbons (Fsp3) is 0.306. The Balaban J connectivity index is 0.000000237. The van der Waals surface area contributed by atoms with Crippen LogP contribution in [0.1, 0.15) is 49.1 Å². The number of aromatic amines is 1. The van der Waals surface area contributed by atoms with E-state index in [2.05, 4.69) is 40.3 Å². The lowest BCUT2D eigenvalue weighted by Crippen LogP contribution is -2.71. The number of ether oxygens (including phenoxy) is 3. The Morgan fingerprint density at radius 3 is 2.07 bits per heavy atom. The molecule has 7 N–H and O–H groups in total. The normalized spacial score (nSPS) is 18.4. The van der Waals surface area contributed by atoms with E-state index in [1.807, 2.05) is 10.6 Å². The number of carboxylic acid groups (broad SMARTS) is 1. The van der Waals surface area contributed by atoms with E-state index >= 15 is 0 Å². The SMILES string of the molecule is COc1ccc(COC(=O)C2=C(CN3C=CC(=C4C=NC(C(=O)NC#N)=C4)C=C3)CSC3C(NC(=O)/C(CC(=O)OC(C)(C)C)=N/OCCF)C(=O)N23)cc1.N#CNC(=O)c1cc(-c2cc[n+](CC3=C(C(=O)[O-])N4C(=O)C(NC(=O)C(=NOCCF)c5nsc(N)n5)C4SC3)cc2)c[nH]1. The number of aliphatic imine (C=N–C) groups is 1. The van der Waals surface area contributed by atoms with Gasteiger partial charge in [0.2, 0.25) is 11.5 Å². The maximum atomic E-state index is 13.8. The number of nitrogen functional groups attached to an aromatic ring is 1. The minimum absolute atomic E-state index is 0.0339. The summed E-state index contributed by atoms with van der Waals surface area (Å²) in [6.07, 6.45) is 17.7. The number of carbonyl (C=O) groups excluding carboxylic acids is 9. The molecule has 32 nitrogen and oxygen atoms in total. The molecule has 6 aliphatic heterocycles. The number of alkyl halides is 2. The van der Waals surface area contributed by atoms with E-state index < -0.39 is 126 Å². The number of nitrogens with zero attached hydrogens (tertiary/aromatic N) is 11. The first-order valence-corrected chi connectivity index (χ1v) is 32.4. The Morgan fingerprint density at radius 1 is 0.838 bits per heavy atom. The van der Waals surface area contributed by atoms with Gasteiger partial charge in [-0.25, -0.2) is 18.1 Å². The van der Waals surface area contributed by atoms with Crippen molar-refractivity contribution < 1.29 is 85.5 Å². The number of nitrogens with one attached hydrogen (secondary N) is 5. The van der Waals surface area contributed by atoms with Crippen LogP contribution in [-0.4, -0.2) is 180 Å². The monoisotopic (exact) mass is 1420 g/mol. The second kappa shape index (κ2) is 32.4. The molecule has 6 amide bonds. The number of carbonyl (C=O) groups is 9. The van der Waals surface area contributed by atoms with Crippen LogP contribution in [0.5, 0.6) is 5.75 Å². The third kappa shape index (κ3) is 17.5. The van der Waals surface area contributed by atoms with E-state index in [0.717, 1.165) is 27.6 Å². The Morgan fingerprint density at radius 2 is 1.46 bits per heavy atom. The van der Waals surface area contributed by atoms with E-state index in [0.29, 0.717) is 33.6 Å². The standard InChI is InChI=1S/C37H38FN7O9S.C25H21FN10O6S2/c1-37(2,3)54-29(46)16-28(43-53-14-11-38)33(48)42-30-34(49)45-31(36(50)52-19-22-5-7-26(51-4)8-6-22)25(20-55-35(30)45)18-44-12-9-23(10-13-44)24-15-27(40-17-24)32(47)41-21-39;26-3-6-42-33-16(19-32-25(28)44-34-19)21(38)31-17-22(39)36-18(24(40)41)14(10-43-23(17)36)9-35-4-1-12(2-5-35)13-7-15(29-8-13)20(37)30-11-27/h5-10,12-13,15,17,30,35H,11,14,16,18-20H2,1-4H3,(H,41,47)(H,42,48);1-2,4-5,7-8,17,23H,3,6,9-10H2,(H5,28,30,31,32,34,37,38,40,41)/b43-28+;. The number of H-pyrrole nitrogens is 1. The van der Waals surface area contributed by atoms with Crippen molar-refractivity contribution in [2.75, 3.05) is 57.5 Å². The van der Waals surface area contributed by atoms with Gasteiger partial charge in [-0.3, -0.25) is 59.0 Å². The molecule has 3 aromatic heterocycles. The first kappa shape index (κ1) is 71.7. The van der Waals surface area contributed by atoms with E-state index in [1.54, 1.807) is 134 Å². The van der Waals surface area contributed by atoms with Crippen molar-refractivity contribution in [1.29, 1.82) is 10.5 Å². The number of nitriles is 2. The molecule has 2 saturated heterocycles. The molecule has 0 radical (unpaired) electrons. The summed E-state index contributed by atoms with van der Waals surface area (Å²) >= 11 is 3.36. The van der Waals surface area contributed by atoms with Gasteiger partial charge in [-0.2, -0.15) is 19.9 Å². The lowest BCUT2D eigenvalue weighted by Gasteiger charge is -2.50. The first-order chi connectivity index (χ1) is 47.5. The highest BCUT2D eigenvalue weighted by Crippen LogP contribution is 2.42. The number of aliphatic carboxylic acids is 1. The zero-order valence-electron chi connectivity index (χ0n) is 52.7. The maximum absolute atomic E-state index is 13.8. The second-order valence-corrected chi connectivity index (χ2v) is 25.3. The Bertz CT molecular complexity index is 4240. The van der Waals surface area contributed by atoms with Crippen LogP contribution in [0.4, 0.5) is 13.9 Å². The van der Waals surface area contributed by atoms with Crippen LogP contribution in [-0.2, 0) is 70.7 Å². The van der Waals surface area contributed by atoms with Crippen molar-refractivity contribution in [2.45, 2.75) is 68.8 Å². The number of halogens is 2.